The van der Waals surface area contributed by atoms with E-state index < -0.39 is 0 Å². The minimum absolute atomic E-state index is 0.0383. The van der Waals surface area contributed by atoms with Crippen molar-refractivity contribution in [1.82, 2.24) is 19.8 Å². The highest BCUT2D eigenvalue weighted by atomic mass is 16.2. The van der Waals surface area contributed by atoms with Gasteiger partial charge in [-0.25, -0.2) is 4.98 Å². The van der Waals surface area contributed by atoms with Crippen LogP contribution in [-0.2, 0) is 11.3 Å². The highest BCUT2D eigenvalue weighted by molar-refractivity contribution is 5.97. The maximum atomic E-state index is 12.8. The lowest BCUT2D eigenvalue weighted by molar-refractivity contribution is -0.116. The molecule has 1 aliphatic heterocycles. The van der Waals surface area contributed by atoms with Gasteiger partial charge in [0.25, 0.3) is 5.91 Å². The number of likely N-dealkylation sites (tertiary alicyclic amines) is 1. The van der Waals surface area contributed by atoms with E-state index in [1.807, 2.05) is 33.9 Å². The minimum atomic E-state index is -0.0810. The fourth-order valence-corrected chi connectivity index (χ4v) is 3.47. The van der Waals surface area contributed by atoms with Gasteiger partial charge in [0.05, 0.1) is 6.33 Å². The second-order valence-electron chi connectivity index (χ2n) is 7.22. The van der Waals surface area contributed by atoms with Gasteiger partial charge in [-0.1, -0.05) is 13.0 Å². The summed E-state index contributed by atoms with van der Waals surface area (Å²) in [6.45, 7) is 6.28. The number of aryl methyl sites for hydroxylation is 1. The molecule has 0 bridgehead atoms. The summed E-state index contributed by atoms with van der Waals surface area (Å²) >= 11 is 0. The van der Waals surface area contributed by atoms with Gasteiger partial charge < -0.3 is 20.1 Å². The van der Waals surface area contributed by atoms with Crippen molar-refractivity contribution >= 4 is 17.5 Å². The molecule has 1 aliphatic rings. The number of benzene rings is 1. The second-order valence-corrected chi connectivity index (χ2v) is 7.22. The Morgan fingerprint density at radius 2 is 2.07 bits per heavy atom. The van der Waals surface area contributed by atoms with E-state index in [-0.39, 0.29) is 11.8 Å². The van der Waals surface area contributed by atoms with E-state index >= 15 is 0 Å². The fourth-order valence-electron chi connectivity index (χ4n) is 3.47. The molecule has 1 aromatic heterocycles. The third-order valence-corrected chi connectivity index (χ3v) is 5.13. The van der Waals surface area contributed by atoms with Crippen LogP contribution in [0.3, 0.4) is 0 Å². The summed E-state index contributed by atoms with van der Waals surface area (Å²) in [5.41, 5.74) is 1.28. The van der Waals surface area contributed by atoms with Crippen molar-refractivity contribution in [3.8, 4) is 0 Å². The SMILES string of the molecule is CCNCC1CCN(C(=O)c2cccc(NC(=O)CCn3ccnc3)c2)CC1. The van der Waals surface area contributed by atoms with Crippen LogP contribution in [0, 0.1) is 5.92 Å². The lowest BCUT2D eigenvalue weighted by Gasteiger charge is -2.32. The number of aromatic nitrogens is 2. The van der Waals surface area contributed by atoms with Crippen LogP contribution in [0.15, 0.2) is 43.0 Å². The monoisotopic (exact) mass is 383 g/mol. The first-order valence-electron chi connectivity index (χ1n) is 10.0. The number of piperidine rings is 1. The number of amides is 2. The maximum Gasteiger partial charge on any atom is 0.253 e. The molecular formula is C21H29N5O2. The number of imidazole rings is 1. The molecule has 0 spiro atoms. The molecule has 2 aromatic rings. The molecule has 0 aliphatic carbocycles. The number of anilines is 1. The van der Waals surface area contributed by atoms with Crippen molar-refractivity contribution < 1.29 is 9.59 Å². The van der Waals surface area contributed by atoms with E-state index in [1.165, 1.54) is 0 Å². The quantitative estimate of drug-likeness (QED) is 0.734. The Balaban J connectivity index is 1.51. The van der Waals surface area contributed by atoms with E-state index in [4.69, 9.17) is 0 Å². The van der Waals surface area contributed by atoms with E-state index in [0.29, 0.717) is 30.1 Å². The Morgan fingerprint density at radius 3 is 2.79 bits per heavy atom. The van der Waals surface area contributed by atoms with Crippen LogP contribution in [0.1, 0.15) is 36.5 Å². The number of hydrogen-bond acceptors (Lipinski definition) is 4. The number of nitrogens with one attached hydrogen (secondary N) is 2. The largest absolute Gasteiger partial charge is 0.339 e. The van der Waals surface area contributed by atoms with Gasteiger partial charge in [-0.2, -0.15) is 0 Å². The number of hydrogen-bond donors (Lipinski definition) is 2. The number of rotatable bonds is 8. The average molecular weight is 383 g/mol. The van der Waals surface area contributed by atoms with Crippen molar-refractivity contribution in [1.29, 1.82) is 0 Å². The van der Waals surface area contributed by atoms with Crippen LogP contribution in [0.5, 0.6) is 0 Å². The van der Waals surface area contributed by atoms with E-state index in [2.05, 4.69) is 22.5 Å². The van der Waals surface area contributed by atoms with Gasteiger partial charge in [0, 0.05) is 49.7 Å². The minimum Gasteiger partial charge on any atom is -0.339 e. The molecule has 1 fully saturated rings. The highest BCUT2D eigenvalue weighted by Gasteiger charge is 2.23. The summed E-state index contributed by atoms with van der Waals surface area (Å²) < 4.78 is 1.86. The molecule has 3 rings (SSSR count). The zero-order valence-electron chi connectivity index (χ0n) is 16.4. The summed E-state index contributed by atoms with van der Waals surface area (Å²) in [7, 11) is 0. The van der Waals surface area contributed by atoms with Crippen molar-refractivity contribution in [2.45, 2.75) is 32.7 Å². The van der Waals surface area contributed by atoms with Gasteiger partial charge in [-0.15, -0.1) is 0 Å². The van der Waals surface area contributed by atoms with Crippen molar-refractivity contribution in [2.24, 2.45) is 5.92 Å². The molecule has 2 heterocycles. The standard InChI is InChI=1S/C21H29N5O2/c1-2-22-15-17-6-11-26(12-7-17)21(28)18-4-3-5-19(14-18)24-20(27)8-10-25-13-9-23-16-25/h3-5,9,13-14,16-17,22H,2,6-8,10-12,15H2,1H3,(H,24,27). The van der Waals surface area contributed by atoms with Gasteiger partial charge in [0.1, 0.15) is 0 Å². The molecule has 0 unspecified atom stereocenters. The molecule has 150 valence electrons. The zero-order chi connectivity index (χ0) is 19.8. The van der Waals surface area contributed by atoms with Gasteiger partial charge in [0.15, 0.2) is 0 Å². The predicted octanol–water partition coefficient (Wildman–Crippen LogP) is 2.37. The third kappa shape index (κ3) is 5.66. The van der Waals surface area contributed by atoms with Gasteiger partial charge in [-0.05, 0) is 50.0 Å². The predicted molar refractivity (Wildman–Crippen MR) is 109 cm³/mol. The molecule has 1 saturated heterocycles. The molecule has 1 aromatic carbocycles. The molecule has 2 N–H and O–H groups in total. The topological polar surface area (TPSA) is 79.3 Å². The van der Waals surface area contributed by atoms with E-state index in [9.17, 15) is 9.59 Å². The van der Waals surface area contributed by atoms with Crippen LogP contribution >= 0.6 is 0 Å². The summed E-state index contributed by atoms with van der Waals surface area (Å²) in [5.74, 6) is 0.601. The summed E-state index contributed by atoms with van der Waals surface area (Å²) in [6, 6.07) is 7.21. The summed E-state index contributed by atoms with van der Waals surface area (Å²) in [5, 5.41) is 6.27. The first kappa shape index (κ1) is 20.1. The lowest BCUT2D eigenvalue weighted by Crippen LogP contribution is -2.40. The van der Waals surface area contributed by atoms with E-state index in [1.54, 1.807) is 18.6 Å². The van der Waals surface area contributed by atoms with Crippen LogP contribution in [0.4, 0.5) is 5.69 Å². The van der Waals surface area contributed by atoms with Gasteiger partial charge >= 0.3 is 0 Å². The Morgan fingerprint density at radius 1 is 1.25 bits per heavy atom. The number of nitrogens with zero attached hydrogens (tertiary/aromatic N) is 3. The first-order valence-corrected chi connectivity index (χ1v) is 10.0. The molecular weight excluding hydrogens is 354 g/mol. The van der Waals surface area contributed by atoms with E-state index in [0.717, 1.165) is 39.0 Å². The number of carbonyl (C=O) groups excluding carboxylic acids is 2. The molecule has 28 heavy (non-hydrogen) atoms. The molecule has 0 saturated carbocycles. The Hall–Kier alpha value is -2.67. The molecule has 7 nitrogen and oxygen atoms in total. The molecule has 2 amide bonds. The normalized spacial score (nSPS) is 14.8. The van der Waals surface area contributed by atoms with Crippen molar-refractivity contribution in [3.05, 3.63) is 48.5 Å². The molecule has 0 atom stereocenters. The summed E-state index contributed by atoms with van der Waals surface area (Å²) in [6.07, 6.45) is 7.62. The summed E-state index contributed by atoms with van der Waals surface area (Å²) in [4.78, 5) is 30.9. The van der Waals surface area contributed by atoms with Gasteiger partial charge in [0.2, 0.25) is 5.91 Å². The first-order chi connectivity index (χ1) is 13.7. The van der Waals surface area contributed by atoms with Crippen LogP contribution in [0.25, 0.3) is 0 Å². The zero-order valence-corrected chi connectivity index (χ0v) is 16.4. The lowest BCUT2D eigenvalue weighted by atomic mass is 9.96. The highest BCUT2D eigenvalue weighted by Crippen LogP contribution is 2.20. The van der Waals surface area contributed by atoms with Gasteiger partial charge in [-0.3, -0.25) is 9.59 Å². The Kier molecular flexibility index (Phi) is 7.19. The molecule has 7 heteroatoms. The van der Waals surface area contributed by atoms with Crippen molar-refractivity contribution in [2.75, 3.05) is 31.5 Å². The van der Waals surface area contributed by atoms with Crippen LogP contribution in [0.2, 0.25) is 0 Å². The molecule has 0 radical (unpaired) electrons. The Bertz CT molecular complexity index is 767. The fraction of sp³-hybridized carbons (Fsp3) is 0.476. The third-order valence-electron chi connectivity index (χ3n) is 5.13. The van der Waals surface area contributed by atoms with Crippen molar-refractivity contribution in [3.63, 3.8) is 0 Å². The number of carbonyl (C=O) groups is 2. The average Bonchev–Trinajstić information content (AvgIpc) is 3.24. The van der Waals surface area contributed by atoms with Crippen LogP contribution in [-0.4, -0.2) is 52.4 Å². The van der Waals surface area contributed by atoms with Crippen LogP contribution < -0.4 is 10.6 Å². The second kappa shape index (κ2) is 10.0. The Labute approximate surface area is 166 Å². The maximum absolute atomic E-state index is 12.8. The smallest absolute Gasteiger partial charge is 0.253 e.